The summed E-state index contributed by atoms with van der Waals surface area (Å²) in [5.74, 6) is 0. The van der Waals surface area contributed by atoms with Crippen molar-refractivity contribution in [1.29, 1.82) is 0 Å². The van der Waals surface area contributed by atoms with Crippen molar-refractivity contribution in [1.82, 2.24) is 0 Å². The molecule has 0 heterocycles. The molecule has 4 heteroatoms. The average molecular weight is 289 g/mol. The van der Waals surface area contributed by atoms with Crippen LogP contribution in [-0.2, 0) is 10.0 Å². The first-order valence-electron chi connectivity index (χ1n) is 6.43. The highest BCUT2D eigenvalue weighted by Crippen LogP contribution is 2.35. The lowest BCUT2D eigenvalue weighted by Crippen LogP contribution is -2.17. The molecule has 0 radical (unpaired) electrons. The lowest BCUT2D eigenvalue weighted by Gasteiger charge is -2.19. The predicted molar refractivity (Wildman–Crippen MR) is 82.2 cm³/mol. The van der Waals surface area contributed by atoms with Crippen LogP contribution in [0.15, 0.2) is 35.2 Å². The van der Waals surface area contributed by atoms with Gasteiger partial charge >= 0.3 is 0 Å². The standard InChI is InChI=1S/C16H19NO2S/c1-10-12(3)16(20(17,18)19)13(4)11(2)15(10)14-8-6-5-7-9-14/h5-9H,1-4H3,(H2,17,18,19). The van der Waals surface area contributed by atoms with Crippen molar-refractivity contribution in [3.8, 4) is 11.1 Å². The molecule has 2 rings (SSSR count). The predicted octanol–water partition coefficient (Wildman–Crippen LogP) is 3.23. The molecular formula is C16H19NO2S. The Labute approximate surface area is 120 Å². The minimum atomic E-state index is -3.71. The number of benzene rings is 2. The van der Waals surface area contributed by atoms with E-state index < -0.39 is 10.0 Å². The zero-order chi connectivity index (χ0) is 15.1. The highest BCUT2D eigenvalue weighted by Gasteiger charge is 2.22. The van der Waals surface area contributed by atoms with Gasteiger partial charge in [-0.05, 0) is 61.1 Å². The number of sulfonamides is 1. The van der Waals surface area contributed by atoms with Crippen LogP contribution in [-0.4, -0.2) is 8.42 Å². The van der Waals surface area contributed by atoms with Gasteiger partial charge in [-0.25, -0.2) is 13.6 Å². The van der Waals surface area contributed by atoms with Gasteiger partial charge in [-0.1, -0.05) is 30.3 Å². The van der Waals surface area contributed by atoms with Crippen LogP contribution in [0.4, 0.5) is 0 Å². The van der Waals surface area contributed by atoms with Crippen LogP contribution in [0, 0.1) is 27.7 Å². The maximum Gasteiger partial charge on any atom is 0.238 e. The minimum Gasteiger partial charge on any atom is -0.225 e. The second-order valence-electron chi connectivity index (χ2n) is 5.12. The lowest BCUT2D eigenvalue weighted by atomic mass is 9.89. The number of nitrogens with two attached hydrogens (primary N) is 1. The van der Waals surface area contributed by atoms with Gasteiger partial charge in [-0.2, -0.15) is 0 Å². The Morgan fingerprint density at radius 2 is 1.25 bits per heavy atom. The van der Waals surface area contributed by atoms with Crippen molar-refractivity contribution in [3.05, 3.63) is 52.6 Å². The first-order valence-corrected chi connectivity index (χ1v) is 7.98. The topological polar surface area (TPSA) is 60.2 Å². The molecule has 0 aliphatic carbocycles. The van der Waals surface area contributed by atoms with Crippen molar-refractivity contribution in [2.45, 2.75) is 32.6 Å². The molecule has 0 amide bonds. The highest BCUT2D eigenvalue weighted by atomic mass is 32.2. The van der Waals surface area contributed by atoms with Gasteiger partial charge in [0.05, 0.1) is 4.90 Å². The Balaban J connectivity index is 2.89. The Hall–Kier alpha value is -1.65. The van der Waals surface area contributed by atoms with Crippen molar-refractivity contribution in [3.63, 3.8) is 0 Å². The van der Waals surface area contributed by atoms with Crippen LogP contribution < -0.4 is 5.14 Å². The maximum atomic E-state index is 11.8. The Bertz CT molecular complexity index is 734. The summed E-state index contributed by atoms with van der Waals surface area (Å²) in [4.78, 5) is 0.257. The van der Waals surface area contributed by atoms with Crippen molar-refractivity contribution < 1.29 is 8.42 Å². The van der Waals surface area contributed by atoms with Crippen LogP contribution in [0.25, 0.3) is 11.1 Å². The summed E-state index contributed by atoms with van der Waals surface area (Å²) >= 11 is 0. The molecule has 106 valence electrons. The van der Waals surface area contributed by atoms with Gasteiger partial charge in [0.2, 0.25) is 10.0 Å². The fraction of sp³-hybridized carbons (Fsp3) is 0.250. The molecule has 0 saturated carbocycles. The van der Waals surface area contributed by atoms with E-state index in [1.54, 1.807) is 0 Å². The van der Waals surface area contributed by atoms with Gasteiger partial charge < -0.3 is 0 Å². The van der Waals surface area contributed by atoms with Gasteiger partial charge in [0.25, 0.3) is 0 Å². The van der Waals surface area contributed by atoms with E-state index in [0.717, 1.165) is 33.4 Å². The van der Waals surface area contributed by atoms with Crippen LogP contribution in [0.5, 0.6) is 0 Å². The molecule has 3 nitrogen and oxygen atoms in total. The first kappa shape index (κ1) is 14.8. The normalized spacial score (nSPS) is 11.7. The summed E-state index contributed by atoms with van der Waals surface area (Å²) in [6.07, 6.45) is 0. The van der Waals surface area contributed by atoms with E-state index in [2.05, 4.69) is 0 Å². The fourth-order valence-electron chi connectivity index (χ4n) is 2.74. The van der Waals surface area contributed by atoms with Crippen molar-refractivity contribution >= 4 is 10.0 Å². The van der Waals surface area contributed by atoms with E-state index in [4.69, 9.17) is 5.14 Å². The SMILES string of the molecule is Cc1c(C)c(S(N)(=O)=O)c(C)c(C)c1-c1ccccc1. The monoisotopic (exact) mass is 289 g/mol. The van der Waals surface area contributed by atoms with E-state index in [1.165, 1.54) is 0 Å². The third-order valence-electron chi connectivity index (χ3n) is 3.90. The van der Waals surface area contributed by atoms with Crippen LogP contribution >= 0.6 is 0 Å². The average Bonchev–Trinajstić information content (AvgIpc) is 2.37. The second kappa shape index (κ2) is 5.04. The van der Waals surface area contributed by atoms with E-state index in [-0.39, 0.29) is 4.90 Å². The summed E-state index contributed by atoms with van der Waals surface area (Å²) in [6, 6.07) is 9.99. The molecule has 0 unspecified atom stereocenters. The molecule has 0 fully saturated rings. The molecule has 20 heavy (non-hydrogen) atoms. The molecule has 0 saturated heterocycles. The first-order chi connectivity index (χ1) is 9.25. The molecule has 2 aromatic rings. The van der Waals surface area contributed by atoms with Gasteiger partial charge in [0, 0.05) is 0 Å². The maximum absolute atomic E-state index is 11.8. The summed E-state index contributed by atoms with van der Waals surface area (Å²) in [6.45, 7) is 7.51. The molecule has 0 aliphatic rings. The third-order valence-corrected chi connectivity index (χ3v) is 5.08. The zero-order valence-corrected chi connectivity index (χ0v) is 13.0. The molecule has 0 aliphatic heterocycles. The van der Waals surface area contributed by atoms with E-state index >= 15 is 0 Å². The lowest BCUT2D eigenvalue weighted by molar-refractivity contribution is 0.596. The number of primary sulfonamides is 1. The van der Waals surface area contributed by atoms with E-state index in [9.17, 15) is 8.42 Å². The van der Waals surface area contributed by atoms with Gasteiger partial charge in [-0.3, -0.25) is 0 Å². The molecule has 2 aromatic carbocycles. The molecular weight excluding hydrogens is 270 g/mol. The largest absolute Gasteiger partial charge is 0.238 e. The smallest absolute Gasteiger partial charge is 0.225 e. The Morgan fingerprint density at radius 3 is 1.65 bits per heavy atom. The summed E-state index contributed by atoms with van der Waals surface area (Å²) in [5.41, 5.74) is 5.57. The fourth-order valence-corrected chi connectivity index (χ4v) is 3.90. The number of hydrogen-bond donors (Lipinski definition) is 1. The molecule has 2 N–H and O–H groups in total. The molecule has 0 atom stereocenters. The third kappa shape index (κ3) is 2.37. The Morgan fingerprint density at radius 1 is 0.800 bits per heavy atom. The van der Waals surface area contributed by atoms with Crippen LogP contribution in [0.2, 0.25) is 0 Å². The van der Waals surface area contributed by atoms with Crippen LogP contribution in [0.1, 0.15) is 22.3 Å². The summed E-state index contributed by atoms with van der Waals surface area (Å²) in [5, 5.41) is 5.36. The van der Waals surface area contributed by atoms with Crippen molar-refractivity contribution in [2.24, 2.45) is 5.14 Å². The molecule has 0 bridgehead atoms. The number of hydrogen-bond acceptors (Lipinski definition) is 2. The van der Waals surface area contributed by atoms with Gasteiger partial charge in [0.1, 0.15) is 0 Å². The van der Waals surface area contributed by atoms with Crippen molar-refractivity contribution in [2.75, 3.05) is 0 Å². The van der Waals surface area contributed by atoms with Gasteiger partial charge in [0.15, 0.2) is 0 Å². The Kier molecular flexibility index (Phi) is 3.71. The van der Waals surface area contributed by atoms with E-state index in [0.29, 0.717) is 0 Å². The van der Waals surface area contributed by atoms with E-state index in [1.807, 2.05) is 58.0 Å². The summed E-state index contributed by atoms with van der Waals surface area (Å²) < 4.78 is 23.6. The number of rotatable bonds is 2. The van der Waals surface area contributed by atoms with Gasteiger partial charge in [-0.15, -0.1) is 0 Å². The molecule has 0 aromatic heterocycles. The highest BCUT2D eigenvalue weighted by molar-refractivity contribution is 7.89. The summed E-state index contributed by atoms with van der Waals surface area (Å²) in [7, 11) is -3.71. The quantitative estimate of drug-likeness (QED) is 0.922. The second-order valence-corrected chi connectivity index (χ2v) is 6.61. The minimum absolute atomic E-state index is 0.257. The zero-order valence-electron chi connectivity index (χ0n) is 12.2. The molecule has 0 spiro atoms. The van der Waals surface area contributed by atoms with Crippen LogP contribution in [0.3, 0.4) is 0 Å².